The molecule has 1 rings (SSSR count). The van der Waals surface area contributed by atoms with E-state index in [0.717, 1.165) is 36.1 Å². The van der Waals surface area contributed by atoms with Crippen molar-refractivity contribution in [3.8, 4) is 0 Å². The van der Waals surface area contributed by atoms with Crippen LogP contribution in [0.1, 0.15) is 29.8 Å². The van der Waals surface area contributed by atoms with Crippen molar-refractivity contribution in [2.45, 2.75) is 20.8 Å². The normalized spacial score (nSPS) is 9.94. The van der Waals surface area contributed by atoms with Gasteiger partial charge in [-0.1, -0.05) is 12.2 Å². The minimum Gasteiger partial charge on any atom is -0.368 e. The number of nitrogens with zero attached hydrogens (tertiary/aromatic N) is 1. The number of aryl methyl sites for hydroxylation is 1. The first-order valence-corrected chi connectivity index (χ1v) is 5.53. The molecule has 1 aromatic rings. The van der Waals surface area contributed by atoms with Crippen LogP contribution in [0.25, 0.3) is 0 Å². The molecule has 0 aliphatic heterocycles. The lowest BCUT2D eigenvalue weighted by Gasteiger charge is -2.25. The molecule has 0 saturated heterocycles. The minimum atomic E-state index is 0.729. The Labute approximate surface area is 97.6 Å². The molecule has 0 atom stereocenters. The number of carbonyl (C=O) groups excluding carboxylic acids is 1. The highest BCUT2D eigenvalue weighted by atomic mass is 16.1. The molecule has 0 amide bonds. The van der Waals surface area contributed by atoms with Crippen molar-refractivity contribution in [3.05, 3.63) is 41.5 Å². The molecule has 2 nitrogen and oxygen atoms in total. The smallest absolute Gasteiger partial charge is 0.150 e. The topological polar surface area (TPSA) is 20.3 Å². The second-order valence-electron chi connectivity index (χ2n) is 4.14. The van der Waals surface area contributed by atoms with Crippen molar-refractivity contribution in [2.24, 2.45) is 0 Å². The summed E-state index contributed by atoms with van der Waals surface area (Å²) in [6, 6.07) is 5.78. The number of carbonyl (C=O) groups is 1. The highest BCUT2D eigenvalue weighted by molar-refractivity contribution is 5.77. The van der Waals surface area contributed by atoms with Crippen LogP contribution in [0.4, 0.5) is 5.69 Å². The summed E-state index contributed by atoms with van der Waals surface area (Å²) in [7, 11) is 0. The number of rotatable bonds is 5. The van der Waals surface area contributed by atoms with Crippen molar-refractivity contribution >= 4 is 12.0 Å². The summed E-state index contributed by atoms with van der Waals surface area (Å²) < 4.78 is 0. The van der Waals surface area contributed by atoms with Gasteiger partial charge in [0.2, 0.25) is 0 Å². The van der Waals surface area contributed by atoms with Gasteiger partial charge in [-0.3, -0.25) is 4.79 Å². The van der Waals surface area contributed by atoms with E-state index in [-0.39, 0.29) is 0 Å². The summed E-state index contributed by atoms with van der Waals surface area (Å²) in [4.78, 5) is 12.9. The summed E-state index contributed by atoms with van der Waals surface area (Å²) in [5, 5.41) is 0. The molecule has 86 valence electrons. The largest absolute Gasteiger partial charge is 0.368 e. The van der Waals surface area contributed by atoms with Crippen molar-refractivity contribution in [3.63, 3.8) is 0 Å². The second kappa shape index (κ2) is 5.50. The van der Waals surface area contributed by atoms with Gasteiger partial charge in [0.1, 0.15) is 6.29 Å². The summed E-state index contributed by atoms with van der Waals surface area (Å²) in [6.07, 6.45) is 0.881. The van der Waals surface area contributed by atoms with Crippen LogP contribution in [0.15, 0.2) is 30.4 Å². The average molecular weight is 217 g/mol. The lowest BCUT2D eigenvalue weighted by Crippen LogP contribution is -2.25. The Morgan fingerprint density at radius 3 is 2.62 bits per heavy atom. The molecule has 0 unspecified atom stereocenters. The molecule has 0 aliphatic rings. The number of likely N-dealkylation sites (N-methyl/N-ethyl adjacent to an activating group) is 1. The Hall–Kier alpha value is -1.57. The van der Waals surface area contributed by atoms with Crippen LogP contribution in [-0.2, 0) is 0 Å². The van der Waals surface area contributed by atoms with E-state index < -0.39 is 0 Å². The standard InChI is InChI=1S/C14H19NO/c1-5-15(9-11(2)3)14-7-6-13(10-16)8-12(14)4/h6-8,10H,2,5,9H2,1,3-4H3. The zero-order chi connectivity index (χ0) is 12.1. The van der Waals surface area contributed by atoms with Crippen LogP contribution in [0.2, 0.25) is 0 Å². The van der Waals surface area contributed by atoms with Crippen LogP contribution in [0, 0.1) is 6.92 Å². The zero-order valence-corrected chi connectivity index (χ0v) is 10.3. The molecule has 0 aromatic heterocycles. The van der Waals surface area contributed by atoms with Crippen LogP contribution in [0.3, 0.4) is 0 Å². The fourth-order valence-corrected chi connectivity index (χ4v) is 1.80. The molecule has 16 heavy (non-hydrogen) atoms. The second-order valence-corrected chi connectivity index (χ2v) is 4.14. The Morgan fingerprint density at radius 1 is 1.50 bits per heavy atom. The van der Waals surface area contributed by atoms with Crippen LogP contribution in [-0.4, -0.2) is 19.4 Å². The molecular weight excluding hydrogens is 198 g/mol. The number of aldehydes is 1. The lowest BCUT2D eigenvalue weighted by atomic mass is 10.1. The van der Waals surface area contributed by atoms with Crippen molar-refractivity contribution < 1.29 is 4.79 Å². The Balaban J connectivity index is 3.01. The van der Waals surface area contributed by atoms with E-state index in [0.29, 0.717) is 0 Å². The van der Waals surface area contributed by atoms with Gasteiger partial charge < -0.3 is 4.90 Å². The highest BCUT2D eigenvalue weighted by Crippen LogP contribution is 2.21. The van der Waals surface area contributed by atoms with Gasteiger partial charge in [0.25, 0.3) is 0 Å². The van der Waals surface area contributed by atoms with Crippen LogP contribution >= 0.6 is 0 Å². The van der Waals surface area contributed by atoms with Gasteiger partial charge in [0, 0.05) is 24.3 Å². The molecule has 0 spiro atoms. The minimum absolute atomic E-state index is 0.729. The Morgan fingerprint density at radius 2 is 2.19 bits per heavy atom. The quantitative estimate of drug-likeness (QED) is 0.557. The molecule has 0 saturated carbocycles. The van der Waals surface area contributed by atoms with Gasteiger partial charge in [0.05, 0.1) is 0 Å². The molecule has 0 N–H and O–H groups in total. The maximum Gasteiger partial charge on any atom is 0.150 e. The molecule has 0 radical (unpaired) electrons. The summed E-state index contributed by atoms with van der Waals surface area (Å²) in [5.74, 6) is 0. The van der Waals surface area contributed by atoms with E-state index in [1.165, 1.54) is 5.69 Å². The van der Waals surface area contributed by atoms with Crippen LogP contribution in [0.5, 0.6) is 0 Å². The Kier molecular flexibility index (Phi) is 4.29. The first-order chi connectivity index (χ1) is 7.58. The molecule has 0 heterocycles. The summed E-state index contributed by atoms with van der Waals surface area (Å²) in [6.45, 7) is 11.9. The maximum atomic E-state index is 10.7. The van der Waals surface area contributed by atoms with E-state index >= 15 is 0 Å². The van der Waals surface area contributed by atoms with Gasteiger partial charge in [-0.2, -0.15) is 0 Å². The number of benzene rings is 1. The predicted octanol–water partition coefficient (Wildman–Crippen LogP) is 3.21. The van der Waals surface area contributed by atoms with Gasteiger partial charge in [-0.05, 0) is 44.5 Å². The summed E-state index contributed by atoms with van der Waals surface area (Å²) in [5.41, 5.74) is 4.18. The van der Waals surface area contributed by atoms with E-state index in [4.69, 9.17) is 0 Å². The molecule has 2 heteroatoms. The third-order valence-electron chi connectivity index (χ3n) is 2.54. The molecule has 0 bridgehead atoms. The molecule has 0 fully saturated rings. The van der Waals surface area contributed by atoms with E-state index in [1.807, 2.05) is 32.0 Å². The van der Waals surface area contributed by atoms with Crippen molar-refractivity contribution in [2.75, 3.05) is 18.0 Å². The average Bonchev–Trinajstić information content (AvgIpc) is 2.25. The van der Waals surface area contributed by atoms with Crippen molar-refractivity contribution in [1.29, 1.82) is 0 Å². The molecular formula is C14H19NO. The summed E-state index contributed by atoms with van der Waals surface area (Å²) >= 11 is 0. The van der Waals surface area contributed by atoms with Crippen molar-refractivity contribution in [1.82, 2.24) is 0 Å². The zero-order valence-electron chi connectivity index (χ0n) is 10.3. The Bertz CT molecular complexity index is 396. The SMILES string of the molecule is C=C(C)CN(CC)c1ccc(C=O)cc1C. The van der Waals surface area contributed by atoms with Gasteiger partial charge in [-0.25, -0.2) is 0 Å². The number of anilines is 1. The van der Waals surface area contributed by atoms with E-state index in [9.17, 15) is 4.79 Å². The molecule has 0 aliphatic carbocycles. The third-order valence-corrected chi connectivity index (χ3v) is 2.54. The molecule has 1 aromatic carbocycles. The monoisotopic (exact) mass is 217 g/mol. The predicted molar refractivity (Wildman–Crippen MR) is 69.3 cm³/mol. The van der Waals surface area contributed by atoms with E-state index in [1.54, 1.807) is 0 Å². The van der Waals surface area contributed by atoms with Crippen LogP contribution < -0.4 is 4.90 Å². The van der Waals surface area contributed by atoms with Gasteiger partial charge in [0.15, 0.2) is 0 Å². The first kappa shape index (κ1) is 12.5. The first-order valence-electron chi connectivity index (χ1n) is 5.53. The number of hydrogen-bond donors (Lipinski definition) is 0. The third kappa shape index (κ3) is 2.96. The van der Waals surface area contributed by atoms with E-state index in [2.05, 4.69) is 18.4 Å². The fraction of sp³-hybridized carbons (Fsp3) is 0.357. The number of hydrogen-bond acceptors (Lipinski definition) is 2. The highest BCUT2D eigenvalue weighted by Gasteiger charge is 2.07. The fourth-order valence-electron chi connectivity index (χ4n) is 1.80. The van der Waals surface area contributed by atoms with Gasteiger partial charge in [-0.15, -0.1) is 0 Å². The van der Waals surface area contributed by atoms with Gasteiger partial charge >= 0.3 is 0 Å². The lowest BCUT2D eigenvalue weighted by molar-refractivity contribution is 0.112. The maximum absolute atomic E-state index is 10.7.